The number of hydrogen-bond acceptors (Lipinski definition) is 4. The maximum atomic E-state index is 12.5. The molecule has 0 aliphatic heterocycles. The minimum atomic E-state index is -0.0829. The lowest BCUT2D eigenvalue weighted by molar-refractivity contribution is 0.0784. The Balaban J connectivity index is 1.86. The highest BCUT2D eigenvalue weighted by Gasteiger charge is 2.17. The van der Waals surface area contributed by atoms with Crippen LogP contribution in [0.3, 0.4) is 0 Å². The first-order valence-corrected chi connectivity index (χ1v) is 6.25. The van der Waals surface area contributed by atoms with Crippen LogP contribution in [0, 0.1) is 6.92 Å². The Morgan fingerprint density at radius 3 is 3.05 bits per heavy atom. The molecule has 0 aliphatic carbocycles. The van der Waals surface area contributed by atoms with E-state index in [2.05, 4.69) is 15.4 Å². The van der Waals surface area contributed by atoms with Crippen molar-refractivity contribution in [1.82, 2.24) is 20.3 Å². The van der Waals surface area contributed by atoms with Gasteiger partial charge in [0, 0.05) is 18.5 Å². The van der Waals surface area contributed by atoms with E-state index < -0.39 is 0 Å². The molecule has 102 valence electrons. The van der Waals surface area contributed by atoms with E-state index in [0.717, 1.165) is 22.4 Å². The van der Waals surface area contributed by atoms with Gasteiger partial charge in [-0.3, -0.25) is 9.89 Å². The number of aromatic nitrogens is 3. The van der Waals surface area contributed by atoms with Gasteiger partial charge in [0.2, 0.25) is 0 Å². The molecule has 6 heteroatoms. The summed E-state index contributed by atoms with van der Waals surface area (Å²) in [6, 6.07) is 7.36. The first-order valence-electron chi connectivity index (χ1n) is 6.25. The predicted octanol–water partition coefficient (Wildman–Crippen LogP) is 2.13. The second kappa shape index (κ2) is 4.80. The van der Waals surface area contributed by atoms with Crippen molar-refractivity contribution in [3.8, 4) is 0 Å². The summed E-state index contributed by atoms with van der Waals surface area (Å²) in [5.41, 5.74) is 2.08. The molecule has 0 bridgehead atoms. The molecule has 0 saturated heterocycles. The van der Waals surface area contributed by atoms with Crippen LogP contribution in [0.4, 0.5) is 0 Å². The molecule has 1 N–H and O–H groups in total. The number of aryl methyl sites for hydroxylation is 1. The van der Waals surface area contributed by atoms with E-state index in [0.29, 0.717) is 12.1 Å². The monoisotopic (exact) mass is 270 g/mol. The summed E-state index contributed by atoms with van der Waals surface area (Å²) in [7, 11) is 1.74. The first kappa shape index (κ1) is 12.4. The number of H-pyrrole nitrogens is 1. The molecule has 1 amide bonds. The second-order valence-electron chi connectivity index (χ2n) is 4.73. The van der Waals surface area contributed by atoms with Crippen molar-refractivity contribution in [2.75, 3.05) is 7.05 Å². The largest absolute Gasteiger partial charge is 0.361 e. The molecule has 2 heterocycles. The number of fused-ring (bicyclic) bond motifs is 1. The van der Waals surface area contributed by atoms with Gasteiger partial charge in [0.15, 0.2) is 0 Å². The number of benzene rings is 1. The van der Waals surface area contributed by atoms with Gasteiger partial charge in [0.25, 0.3) is 5.91 Å². The van der Waals surface area contributed by atoms with Crippen molar-refractivity contribution in [1.29, 1.82) is 0 Å². The Kier molecular flexibility index (Phi) is 2.98. The fourth-order valence-electron chi connectivity index (χ4n) is 2.16. The summed E-state index contributed by atoms with van der Waals surface area (Å²) < 4.78 is 5.00. The number of hydrogen-bond donors (Lipinski definition) is 1. The van der Waals surface area contributed by atoms with Crippen molar-refractivity contribution in [2.24, 2.45) is 0 Å². The van der Waals surface area contributed by atoms with Gasteiger partial charge in [0.1, 0.15) is 11.5 Å². The average Bonchev–Trinajstić information content (AvgIpc) is 3.06. The number of rotatable bonds is 3. The highest BCUT2D eigenvalue weighted by atomic mass is 16.5. The first-order chi connectivity index (χ1) is 9.65. The molecular weight excluding hydrogens is 256 g/mol. The van der Waals surface area contributed by atoms with Crippen molar-refractivity contribution in [3.63, 3.8) is 0 Å². The molecule has 0 radical (unpaired) electrons. The van der Waals surface area contributed by atoms with Crippen LogP contribution in [0.5, 0.6) is 0 Å². The molecule has 20 heavy (non-hydrogen) atoms. The highest BCUT2D eigenvalue weighted by molar-refractivity contribution is 6.05. The summed E-state index contributed by atoms with van der Waals surface area (Å²) >= 11 is 0. The van der Waals surface area contributed by atoms with Gasteiger partial charge in [-0.15, -0.1) is 0 Å². The maximum absolute atomic E-state index is 12.5. The van der Waals surface area contributed by atoms with Gasteiger partial charge in [-0.2, -0.15) is 5.10 Å². The Hall–Kier alpha value is -2.63. The zero-order chi connectivity index (χ0) is 14.1. The van der Waals surface area contributed by atoms with Crippen molar-refractivity contribution in [2.45, 2.75) is 13.5 Å². The standard InChI is InChI=1S/C14H14N4O2/c1-9-6-11(17-20-9)8-18(2)14(19)12-5-3-4-10-7-15-16-13(10)12/h3-7H,8H2,1-2H3,(H,15,16). The molecule has 3 rings (SSSR count). The molecule has 2 aromatic heterocycles. The van der Waals surface area contributed by atoms with E-state index in [1.54, 1.807) is 24.2 Å². The quantitative estimate of drug-likeness (QED) is 0.791. The van der Waals surface area contributed by atoms with Gasteiger partial charge in [-0.25, -0.2) is 0 Å². The normalized spacial score (nSPS) is 10.9. The lowest BCUT2D eigenvalue weighted by atomic mass is 10.1. The summed E-state index contributed by atoms with van der Waals surface area (Å²) in [4.78, 5) is 14.1. The summed E-state index contributed by atoms with van der Waals surface area (Å²) in [5.74, 6) is 0.650. The average molecular weight is 270 g/mol. The fourth-order valence-corrected chi connectivity index (χ4v) is 2.16. The van der Waals surface area contributed by atoms with Gasteiger partial charge < -0.3 is 9.42 Å². The van der Waals surface area contributed by atoms with Gasteiger partial charge in [-0.1, -0.05) is 17.3 Å². The third-order valence-corrected chi connectivity index (χ3v) is 3.13. The Morgan fingerprint density at radius 1 is 1.45 bits per heavy atom. The lowest BCUT2D eigenvalue weighted by Crippen LogP contribution is -2.26. The van der Waals surface area contributed by atoms with Crippen LogP contribution < -0.4 is 0 Å². The molecular formula is C14H14N4O2. The molecule has 0 unspecified atom stereocenters. The second-order valence-corrected chi connectivity index (χ2v) is 4.73. The predicted molar refractivity (Wildman–Crippen MR) is 73.1 cm³/mol. The smallest absolute Gasteiger partial charge is 0.256 e. The van der Waals surface area contributed by atoms with Crippen LogP contribution in [0.15, 0.2) is 35.0 Å². The molecule has 0 aliphatic rings. The summed E-state index contributed by atoms with van der Waals surface area (Å²) in [6.45, 7) is 2.23. The van der Waals surface area contributed by atoms with E-state index in [1.807, 2.05) is 25.1 Å². The minimum Gasteiger partial charge on any atom is -0.361 e. The SMILES string of the molecule is Cc1cc(CN(C)C(=O)c2cccc3cn[nH]c23)no1. The molecule has 0 fully saturated rings. The molecule has 3 aromatic rings. The zero-order valence-corrected chi connectivity index (χ0v) is 11.3. The topological polar surface area (TPSA) is 75.0 Å². The van der Waals surface area contributed by atoms with Crippen LogP contribution in [0.25, 0.3) is 10.9 Å². The van der Waals surface area contributed by atoms with Crippen molar-refractivity contribution in [3.05, 3.63) is 47.5 Å². The number of nitrogens with zero attached hydrogens (tertiary/aromatic N) is 3. The zero-order valence-electron chi connectivity index (χ0n) is 11.3. The van der Waals surface area contributed by atoms with Gasteiger partial charge in [0.05, 0.1) is 23.8 Å². The lowest BCUT2D eigenvalue weighted by Gasteiger charge is -2.15. The fraction of sp³-hybridized carbons (Fsp3) is 0.214. The van der Waals surface area contributed by atoms with E-state index >= 15 is 0 Å². The van der Waals surface area contributed by atoms with E-state index in [1.165, 1.54) is 0 Å². The summed E-state index contributed by atoms with van der Waals surface area (Å²) in [5, 5.41) is 11.6. The molecule has 0 spiro atoms. The van der Waals surface area contributed by atoms with E-state index in [-0.39, 0.29) is 5.91 Å². The van der Waals surface area contributed by atoms with E-state index in [9.17, 15) is 4.79 Å². The third-order valence-electron chi connectivity index (χ3n) is 3.13. The number of carbonyl (C=O) groups is 1. The summed E-state index contributed by atoms with van der Waals surface area (Å²) in [6.07, 6.45) is 1.70. The Bertz CT molecular complexity index is 759. The Labute approximate surface area is 115 Å². The molecule has 0 saturated carbocycles. The Morgan fingerprint density at radius 2 is 2.30 bits per heavy atom. The van der Waals surface area contributed by atoms with Crippen LogP contribution in [-0.2, 0) is 6.54 Å². The van der Waals surface area contributed by atoms with Crippen molar-refractivity contribution >= 4 is 16.8 Å². The van der Waals surface area contributed by atoms with Crippen LogP contribution in [0.2, 0.25) is 0 Å². The van der Waals surface area contributed by atoms with Crippen LogP contribution >= 0.6 is 0 Å². The van der Waals surface area contributed by atoms with E-state index in [4.69, 9.17) is 4.52 Å². The number of aromatic amines is 1. The maximum Gasteiger partial charge on any atom is 0.256 e. The minimum absolute atomic E-state index is 0.0829. The number of carbonyl (C=O) groups excluding carboxylic acids is 1. The molecule has 0 atom stereocenters. The highest BCUT2D eigenvalue weighted by Crippen LogP contribution is 2.17. The number of amides is 1. The number of nitrogens with one attached hydrogen (secondary N) is 1. The van der Waals surface area contributed by atoms with Gasteiger partial charge in [-0.05, 0) is 13.0 Å². The molecule has 6 nitrogen and oxygen atoms in total. The van der Waals surface area contributed by atoms with Crippen LogP contribution in [-0.4, -0.2) is 33.2 Å². The van der Waals surface area contributed by atoms with Gasteiger partial charge >= 0.3 is 0 Å². The van der Waals surface area contributed by atoms with Crippen molar-refractivity contribution < 1.29 is 9.32 Å². The third kappa shape index (κ3) is 2.16. The van der Waals surface area contributed by atoms with Crippen LogP contribution in [0.1, 0.15) is 21.8 Å². The molecule has 1 aromatic carbocycles. The number of para-hydroxylation sites is 1.